The summed E-state index contributed by atoms with van der Waals surface area (Å²) in [6.45, 7) is 5.30. The molecule has 0 spiro atoms. The van der Waals surface area contributed by atoms with Crippen LogP contribution in [0.15, 0.2) is 54.9 Å². The number of methoxy groups -OCH3 is 1. The molecule has 0 aliphatic carbocycles. The Balaban J connectivity index is 1.37. The van der Waals surface area contributed by atoms with E-state index >= 15 is 0 Å². The van der Waals surface area contributed by atoms with Gasteiger partial charge in [0.05, 0.1) is 33.1 Å². The van der Waals surface area contributed by atoms with Gasteiger partial charge in [-0.25, -0.2) is 4.39 Å². The summed E-state index contributed by atoms with van der Waals surface area (Å²) in [6.07, 6.45) is 3.79. The molecule has 1 atom stereocenters. The summed E-state index contributed by atoms with van der Waals surface area (Å²) < 4.78 is 38.1. The molecule has 1 fully saturated rings. The molecule has 2 aromatic carbocycles. The maximum absolute atomic E-state index is 13.5. The van der Waals surface area contributed by atoms with Gasteiger partial charge >= 0.3 is 0 Å². The number of nitrogens with zero attached hydrogens (tertiary/aromatic N) is 3. The molecule has 1 unspecified atom stereocenters. The van der Waals surface area contributed by atoms with Crippen LogP contribution in [0.4, 0.5) is 4.39 Å². The number of aliphatic hydroxyl groups is 1. The molecule has 35 heavy (non-hydrogen) atoms. The average molecular weight is 486 g/mol. The van der Waals surface area contributed by atoms with Crippen LogP contribution in [0.1, 0.15) is 11.1 Å². The fourth-order valence-corrected chi connectivity index (χ4v) is 4.02. The van der Waals surface area contributed by atoms with Crippen molar-refractivity contribution in [3.63, 3.8) is 0 Å². The topological polar surface area (TPSA) is 78.2 Å². The number of rotatable bonds is 10. The number of benzene rings is 2. The zero-order valence-electron chi connectivity index (χ0n) is 20.2. The van der Waals surface area contributed by atoms with Gasteiger partial charge in [-0.3, -0.25) is 9.58 Å². The Morgan fingerprint density at radius 2 is 2.06 bits per heavy atom. The van der Waals surface area contributed by atoms with E-state index < -0.39 is 5.60 Å². The Labute approximate surface area is 204 Å². The first-order valence-corrected chi connectivity index (χ1v) is 11.6. The molecule has 8 nitrogen and oxygen atoms in total. The zero-order chi connectivity index (χ0) is 24.7. The van der Waals surface area contributed by atoms with Gasteiger partial charge in [0.15, 0.2) is 11.5 Å². The number of halogens is 1. The lowest BCUT2D eigenvalue weighted by atomic mass is 10.1. The lowest BCUT2D eigenvalue weighted by Crippen LogP contribution is -2.48. The van der Waals surface area contributed by atoms with Crippen molar-refractivity contribution in [2.75, 3.05) is 46.6 Å². The molecule has 2 heterocycles. The summed E-state index contributed by atoms with van der Waals surface area (Å²) in [7, 11) is 1.61. The Bertz CT molecular complexity index is 1110. The van der Waals surface area contributed by atoms with Crippen LogP contribution in [0.25, 0.3) is 0 Å². The summed E-state index contributed by atoms with van der Waals surface area (Å²) in [5.74, 6) is 1.30. The summed E-state index contributed by atoms with van der Waals surface area (Å²) in [4.78, 5) is 2.11. The highest BCUT2D eigenvalue weighted by atomic mass is 19.1. The van der Waals surface area contributed by atoms with Crippen LogP contribution < -0.4 is 14.2 Å². The summed E-state index contributed by atoms with van der Waals surface area (Å²) in [5.41, 5.74) is 0.898. The minimum Gasteiger partial charge on any atom is -0.493 e. The van der Waals surface area contributed by atoms with Crippen molar-refractivity contribution in [1.82, 2.24) is 14.7 Å². The third-order valence-corrected chi connectivity index (χ3v) is 5.72. The van der Waals surface area contributed by atoms with E-state index in [2.05, 4.69) is 10.00 Å². The molecule has 1 saturated heterocycles. The molecule has 1 aliphatic heterocycles. The first kappa shape index (κ1) is 25.0. The highest BCUT2D eigenvalue weighted by molar-refractivity contribution is 5.43. The number of aryl methyl sites for hydroxylation is 1. The highest BCUT2D eigenvalue weighted by Crippen LogP contribution is 2.29. The van der Waals surface area contributed by atoms with Crippen LogP contribution in [0.2, 0.25) is 0 Å². The summed E-state index contributed by atoms with van der Waals surface area (Å²) in [6, 6.07) is 11.7. The number of aromatic nitrogens is 2. The van der Waals surface area contributed by atoms with E-state index in [4.69, 9.17) is 18.9 Å². The van der Waals surface area contributed by atoms with E-state index in [-0.39, 0.29) is 19.0 Å². The fraction of sp³-hybridized carbons (Fsp3) is 0.423. The first-order valence-electron chi connectivity index (χ1n) is 11.6. The van der Waals surface area contributed by atoms with Crippen molar-refractivity contribution in [3.05, 3.63) is 71.8 Å². The minimum absolute atomic E-state index is 0.00315. The van der Waals surface area contributed by atoms with E-state index in [1.165, 1.54) is 12.1 Å². The van der Waals surface area contributed by atoms with E-state index in [1.54, 1.807) is 19.2 Å². The van der Waals surface area contributed by atoms with Gasteiger partial charge in [-0.05, 0) is 42.3 Å². The predicted octanol–water partition coefficient (Wildman–Crippen LogP) is 3.06. The third-order valence-electron chi connectivity index (χ3n) is 5.72. The molecule has 0 radical (unpaired) electrons. The van der Waals surface area contributed by atoms with Crippen LogP contribution in [-0.4, -0.2) is 72.0 Å². The standard InChI is InChI=1S/C26H32FN3O5/c1-20-14-28-30(15-20)9-11-34-25-12-21(6-7-24(25)32-2)16-29-8-10-33-18-26(31,17-29)19-35-23-5-3-4-22(27)13-23/h3-7,12-15,31H,8-11,16-19H2,1-2H3. The molecular weight excluding hydrogens is 453 g/mol. The molecule has 1 N–H and O–H groups in total. The van der Waals surface area contributed by atoms with E-state index in [9.17, 15) is 9.50 Å². The number of hydrogen-bond acceptors (Lipinski definition) is 7. The van der Waals surface area contributed by atoms with Gasteiger partial charge in [0.2, 0.25) is 0 Å². The predicted molar refractivity (Wildman–Crippen MR) is 128 cm³/mol. The summed E-state index contributed by atoms with van der Waals surface area (Å²) >= 11 is 0. The Morgan fingerprint density at radius 1 is 1.17 bits per heavy atom. The molecule has 9 heteroatoms. The molecule has 0 saturated carbocycles. The van der Waals surface area contributed by atoms with Gasteiger partial charge in [-0.1, -0.05) is 12.1 Å². The molecule has 4 rings (SSSR count). The SMILES string of the molecule is COc1ccc(CN2CCOCC(O)(COc3cccc(F)c3)C2)cc1OCCn1cc(C)cn1. The van der Waals surface area contributed by atoms with Crippen molar-refractivity contribution >= 4 is 0 Å². The van der Waals surface area contributed by atoms with Gasteiger partial charge in [-0.15, -0.1) is 0 Å². The Hall–Kier alpha value is -3.14. The number of β-amino-alcohol motifs (C(OH)–C–C–N with tert-alkyl or cyclic N) is 1. The van der Waals surface area contributed by atoms with E-state index in [0.717, 1.165) is 11.1 Å². The second-order valence-electron chi connectivity index (χ2n) is 8.85. The Kier molecular flexibility index (Phi) is 8.22. The maximum Gasteiger partial charge on any atom is 0.161 e. The van der Waals surface area contributed by atoms with Crippen LogP contribution in [0, 0.1) is 12.7 Å². The van der Waals surface area contributed by atoms with Crippen LogP contribution in [0.5, 0.6) is 17.2 Å². The van der Waals surface area contributed by atoms with Crippen molar-refractivity contribution in [3.8, 4) is 17.2 Å². The number of hydrogen-bond donors (Lipinski definition) is 1. The Morgan fingerprint density at radius 3 is 2.83 bits per heavy atom. The third kappa shape index (κ3) is 7.17. The zero-order valence-corrected chi connectivity index (χ0v) is 20.2. The van der Waals surface area contributed by atoms with Crippen molar-refractivity contribution in [2.24, 2.45) is 0 Å². The van der Waals surface area contributed by atoms with Gasteiger partial charge in [0.25, 0.3) is 0 Å². The van der Waals surface area contributed by atoms with Gasteiger partial charge in [0, 0.05) is 31.9 Å². The second-order valence-corrected chi connectivity index (χ2v) is 8.85. The molecule has 1 aliphatic rings. The van der Waals surface area contributed by atoms with Gasteiger partial charge in [0.1, 0.15) is 30.4 Å². The summed E-state index contributed by atoms with van der Waals surface area (Å²) in [5, 5.41) is 15.4. The minimum atomic E-state index is -1.23. The maximum atomic E-state index is 13.5. The molecule has 0 amide bonds. The van der Waals surface area contributed by atoms with Crippen molar-refractivity contribution in [1.29, 1.82) is 0 Å². The second kappa shape index (κ2) is 11.5. The monoisotopic (exact) mass is 485 g/mol. The molecule has 0 bridgehead atoms. The van der Waals surface area contributed by atoms with E-state index in [1.807, 2.05) is 42.2 Å². The lowest BCUT2D eigenvalue weighted by molar-refractivity contribution is -0.0647. The fourth-order valence-electron chi connectivity index (χ4n) is 4.02. The van der Waals surface area contributed by atoms with Crippen molar-refractivity contribution in [2.45, 2.75) is 25.6 Å². The molecule has 188 valence electrons. The van der Waals surface area contributed by atoms with Crippen LogP contribution in [0.3, 0.4) is 0 Å². The van der Waals surface area contributed by atoms with Crippen molar-refractivity contribution < 1.29 is 28.4 Å². The highest BCUT2D eigenvalue weighted by Gasteiger charge is 2.33. The number of ether oxygens (including phenoxy) is 4. The van der Waals surface area contributed by atoms with Gasteiger partial charge < -0.3 is 24.1 Å². The first-order chi connectivity index (χ1) is 16.9. The smallest absolute Gasteiger partial charge is 0.161 e. The molecule has 1 aromatic heterocycles. The normalized spacial score (nSPS) is 18.7. The molecular formula is C26H32FN3O5. The van der Waals surface area contributed by atoms with Gasteiger partial charge in [-0.2, -0.15) is 5.10 Å². The van der Waals surface area contributed by atoms with E-state index in [0.29, 0.717) is 56.6 Å². The molecule has 3 aromatic rings. The average Bonchev–Trinajstić information content (AvgIpc) is 3.16. The van der Waals surface area contributed by atoms with Crippen LogP contribution in [-0.2, 0) is 17.8 Å². The lowest BCUT2D eigenvalue weighted by Gasteiger charge is -2.30. The quantitative estimate of drug-likeness (QED) is 0.473. The largest absolute Gasteiger partial charge is 0.493 e. The van der Waals surface area contributed by atoms with Crippen LogP contribution >= 0.6 is 0 Å².